The molecule has 1 atom stereocenters. The number of piperazine rings is 1. The molecule has 34 heavy (non-hydrogen) atoms. The van der Waals surface area contributed by atoms with E-state index in [0.717, 1.165) is 22.3 Å². The summed E-state index contributed by atoms with van der Waals surface area (Å²) in [6.45, 7) is 8.51. The van der Waals surface area contributed by atoms with E-state index in [1.165, 1.54) is 6.07 Å². The highest BCUT2D eigenvalue weighted by Gasteiger charge is 2.28. The lowest BCUT2D eigenvalue weighted by atomic mass is 10.1. The molecule has 1 aliphatic rings. The van der Waals surface area contributed by atoms with E-state index in [-0.39, 0.29) is 18.4 Å². The van der Waals surface area contributed by atoms with Crippen molar-refractivity contribution in [3.63, 3.8) is 0 Å². The molecule has 0 bridgehead atoms. The Morgan fingerprint density at radius 1 is 1.00 bits per heavy atom. The minimum absolute atomic E-state index is 0.183. The average Bonchev–Trinajstić information content (AvgIpc) is 2.80. The molecule has 3 aromatic rings. The number of benzene rings is 2. The van der Waals surface area contributed by atoms with E-state index >= 15 is 0 Å². The summed E-state index contributed by atoms with van der Waals surface area (Å²) in [5, 5.41) is 0. The van der Waals surface area contributed by atoms with Gasteiger partial charge in [-0.3, -0.25) is 9.88 Å². The van der Waals surface area contributed by atoms with E-state index in [1.54, 1.807) is 24.5 Å². The summed E-state index contributed by atoms with van der Waals surface area (Å²) >= 11 is 0. The fraction of sp³-hybridized carbons (Fsp3) is 0.346. The highest BCUT2D eigenvalue weighted by Crippen LogP contribution is 2.27. The van der Waals surface area contributed by atoms with Gasteiger partial charge in [0.15, 0.2) is 0 Å². The third-order valence-electron chi connectivity index (χ3n) is 6.36. The smallest absolute Gasteiger partial charge is 0.241 e. The van der Waals surface area contributed by atoms with Gasteiger partial charge in [-0.1, -0.05) is 35.9 Å². The second-order valence-electron chi connectivity index (χ2n) is 8.86. The first-order valence-corrected chi connectivity index (χ1v) is 13.0. The number of aromatic nitrogens is 1. The van der Waals surface area contributed by atoms with Crippen LogP contribution >= 0.6 is 0 Å². The van der Waals surface area contributed by atoms with E-state index < -0.39 is 10.0 Å². The molecule has 2 aromatic carbocycles. The van der Waals surface area contributed by atoms with E-state index in [4.69, 9.17) is 0 Å². The van der Waals surface area contributed by atoms with Gasteiger partial charge in [-0.2, -0.15) is 0 Å². The molecule has 0 amide bonds. The van der Waals surface area contributed by atoms with Crippen LogP contribution in [0.1, 0.15) is 28.3 Å². The fourth-order valence-corrected chi connectivity index (χ4v) is 6.35. The Morgan fingerprint density at radius 2 is 1.68 bits per heavy atom. The molecule has 1 saturated heterocycles. The maximum absolute atomic E-state index is 14.3. The molecule has 0 saturated carbocycles. The number of nitrogens with zero attached hydrogens (tertiary/aromatic N) is 3. The van der Waals surface area contributed by atoms with Gasteiger partial charge in [-0.25, -0.2) is 17.5 Å². The minimum atomic E-state index is -3.70. The number of para-hydroxylation sites is 1. The van der Waals surface area contributed by atoms with Crippen molar-refractivity contribution in [3.05, 3.63) is 89.0 Å². The van der Waals surface area contributed by atoms with Crippen LogP contribution in [0.2, 0.25) is 0 Å². The monoisotopic (exact) mass is 482 g/mol. The zero-order valence-corrected chi connectivity index (χ0v) is 20.6. The number of pyridine rings is 1. The van der Waals surface area contributed by atoms with Gasteiger partial charge < -0.3 is 4.90 Å². The van der Waals surface area contributed by atoms with E-state index in [2.05, 4.69) is 14.6 Å². The zero-order valence-electron chi connectivity index (χ0n) is 19.8. The van der Waals surface area contributed by atoms with Crippen molar-refractivity contribution >= 4 is 15.7 Å². The molecule has 1 N–H and O–H groups in total. The zero-order chi connectivity index (χ0) is 24.3. The molecule has 8 heteroatoms. The SMILES string of the molecule is Cc1cc(C)c(S(=O)(=O)NC[C@H](c2cccnc2)N2CCN(c3ccccc3F)CC2)c(C)c1. The summed E-state index contributed by atoms with van der Waals surface area (Å²) in [6, 6.07) is 14.2. The van der Waals surface area contributed by atoms with Gasteiger partial charge in [0, 0.05) is 45.1 Å². The van der Waals surface area contributed by atoms with Gasteiger partial charge in [-0.05, 0) is 55.7 Å². The lowest BCUT2D eigenvalue weighted by molar-refractivity contribution is 0.186. The topological polar surface area (TPSA) is 65.5 Å². The predicted molar refractivity (Wildman–Crippen MR) is 133 cm³/mol. The summed E-state index contributed by atoms with van der Waals surface area (Å²) in [5.74, 6) is -0.226. The number of hydrogen-bond acceptors (Lipinski definition) is 5. The van der Waals surface area contributed by atoms with Crippen molar-refractivity contribution in [2.24, 2.45) is 0 Å². The summed E-state index contributed by atoms with van der Waals surface area (Å²) in [6.07, 6.45) is 3.49. The highest BCUT2D eigenvalue weighted by atomic mass is 32.2. The summed E-state index contributed by atoms with van der Waals surface area (Å²) in [4.78, 5) is 8.87. The number of nitrogens with one attached hydrogen (secondary N) is 1. The van der Waals surface area contributed by atoms with Crippen LogP contribution in [0, 0.1) is 26.6 Å². The Hall–Kier alpha value is -2.81. The Bertz CT molecular complexity index is 1220. The Labute approximate surface area is 201 Å². The lowest BCUT2D eigenvalue weighted by Gasteiger charge is -2.40. The predicted octanol–water partition coefficient (Wildman–Crippen LogP) is 3.99. The molecule has 6 nitrogen and oxygen atoms in total. The van der Waals surface area contributed by atoms with Crippen molar-refractivity contribution in [1.29, 1.82) is 0 Å². The molecule has 0 spiro atoms. The van der Waals surface area contributed by atoms with Gasteiger partial charge in [0.05, 0.1) is 16.6 Å². The summed E-state index contributed by atoms with van der Waals surface area (Å²) in [7, 11) is -3.70. The van der Waals surface area contributed by atoms with Crippen LogP contribution in [0.3, 0.4) is 0 Å². The molecule has 1 aliphatic heterocycles. The fourth-order valence-electron chi connectivity index (χ4n) is 4.87. The first kappa shape index (κ1) is 24.3. The van der Waals surface area contributed by atoms with Crippen LogP contribution in [0.15, 0.2) is 65.8 Å². The first-order chi connectivity index (χ1) is 16.3. The molecular weight excluding hydrogens is 451 g/mol. The van der Waals surface area contributed by atoms with Crippen LogP contribution < -0.4 is 9.62 Å². The van der Waals surface area contributed by atoms with Crippen LogP contribution in [0.4, 0.5) is 10.1 Å². The molecule has 180 valence electrons. The van der Waals surface area contributed by atoms with Crippen LogP contribution in [0.25, 0.3) is 0 Å². The van der Waals surface area contributed by atoms with Gasteiger partial charge in [-0.15, -0.1) is 0 Å². The highest BCUT2D eigenvalue weighted by molar-refractivity contribution is 7.89. The van der Waals surface area contributed by atoms with Crippen molar-refractivity contribution in [3.8, 4) is 0 Å². The molecule has 0 radical (unpaired) electrons. The Morgan fingerprint density at radius 3 is 2.29 bits per heavy atom. The number of aryl methyl sites for hydroxylation is 3. The standard InChI is InChI=1S/C26H31FN4O2S/c1-19-15-20(2)26(21(3)16-19)34(32,33)29-18-25(22-7-6-10-28-17-22)31-13-11-30(12-14-31)24-9-5-4-8-23(24)27/h4-10,15-17,25,29H,11-14,18H2,1-3H3/t25-/m1/s1. The lowest BCUT2D eigenvalue weighted by Crippen LogP contribution is -2.50. The number of rotatable bonds is 7. The first-order valence-electron chi connectivity index (χ1n) is 11.5. The van der Waals surface area contributed by atoms with E-state index in [9.17, 15) is 12.8 Å². The normalized spacial score (nSPS) is 15.9. The van der Waals surface area contributed by atoms with Crippen molar-refractivity contribution in [1.82, 2.24) is 14.6 Å². The number of halogens is 1. The van der Waals surface area contributed by atoms with Gasteiger partial charge in [0.1, 0.15) is 5.82 Å². The van der Waals surface area contributed by atoms with Gasteiger partial charge in [0.25, 0.3) is 0 Å². The maximum Gasteiger partial charge on any atom is 0.241 e. The van der Waals surface area contributed by atoms with E-state index in [1.807, 2.05) is 56.0 Å². The second-order valence-corrected chi connectivity index (χ2v) is 10.6. The van der Waals surface area contributed by atoms with Crippen molar-refractivity contribution < 1.29 is 12.8 Å². The summed E-state index contributed by atoms with van der Waals surface area (Å²) < 4.78 is 43.7. The maximum atomic E-state index is 14.3. The second kappa shape index (κ2) is 10.2. The summed E-state index contributed by atoms with van der Waals surface area (Å²) in [5.41, 5.74) is 4.06. The minimum Gasteiger partial charge on any atom is -0.367 e. The Balaban J connectivity index is 1.53. The number of sulfonamides is 1. The van der Waals surface area contributed by atoms with Crippen LogP contribution in [0.5, 0.6) is 0 Å². The van der Waals surface area contributed by atoms with Crippen LogP contribution in [-0.2, 0) is 10.0 Å². The molecule has 4 rings (SSSR count). The van der Waals surface area contributed by atoms with Gasteiger partial charge in [0.2, 0.25) is 10.0 Å². The molecule has 1 fully saturated rings. The molecule has 1 aromatic heterocycles. The van der Waals surface area contributed by atoms with E-state index in [0.29, 0.717) is 36.8 Å². The number of anilines is 1. The molecule has 0 aliphatic carbocycles. The van der Waals surface area contributed by atoms with Gasteiger partial charge >= 0.3 is 0 Å². The quantitative estimate of drug-likeness (QED) is 0.552. The molecule has 0 unspecified atom stereocenters. The third kappa shape index (κ3) is 5.29. The molecular formula is C26H31FN4O2S. The van der Waals surface area contributed by atoms with Crippen molar-refractivity contribution in [2.45, 2.75) is 31.7 Å². The van der Waals surface area contributed by atoms with Crippen molar-refractivity contribution in [2.75, 3.05) is 37.6 Å². The average molecular weight is 483 g/mol. The largest absolute Gasteiger partial charge is 0.367 e. The number of hydrogen-bond donors (Lipinski definition) is 1. The van der Waals surface area contributed by atoms with Crippen LogP contribution in [-0.4, -0.2) is 51.0 Å². The molecule has 2 heterocycles. The Kier molecular flexibility index (Phi) is 7.30. The third-order valence-corrected chi connectivity index (χ3v) is 8.09.